The summed E-state index contributed by atoms with van der Waals surface area (Å²) < 4.78 is 11.1. The lowest BCUT2D eigenvalue weighted by atomic mass is 9.97. The number of carbonyl (C=O) groups is 1. The molecule has 2 fully saturated rings. The lowest BCUT2D eigenvalue weighted by Crippen LogP contribution is -2.52. The summed E-state index contributed by atoms with van der Waals surface area (Å²) in [5.74, 6) is 0.388. The Morgan fingerprint density at radius 3 is 2.89 bits per heavy atom. The molecule has 2 aromatic rings. The maximum absolute atomic E-state index is 12.9. The highest BCUT2D eigenvalue weighted by molar-refractivity contribution is 7.17. The molecule has 150 valence electrons. The van der Waals surface area contributed by atoms with E-state index in [1.54, 1.807) is 6.20 Å². The fourth-order valence-electron chi connectivity index (χ4n) is 3.84. The summed E-state index contributed by atoms with van der Waals surface area (Å²) in [6.45, 7) is 7.37. The number of hydrogen-bond acceptors (Lipinski definition) is 7. The van der Waals surface area contributed by atoms with Crippen LogP contribution in [0.15, 0.2) is 24.4 Å². The van der Waals surface area contributed by atoms with Crippen LogP contribution in [0, 0.1) is 12.8 Å². The second-order valence-electron chi connectivity index (χ2n) is 7.20. The third kappa shape index (κ3) is 4.41. The normalized spacial score (nSPS) is 21.5. The zero-order valence-electron chi connectivity index (χ0n) is 16.1. The molecule has 0 bridgehead atoms. The zero-order chi connectivity index (χ0) is 19.3. The summed E-state index contributed by atoms with van der Waals surface area (Å²) >= 11 is 1.40. The first-order valence-electron chi connectivity index (χ1n) is 9.79. The van der Waals surface area contributed by atoms with Crippen molar-refractivity contribution >= 4 is 17.2 Å². The molecule has 2 saturated heterocycles. The SMILES string of the molecule is Cc1nc(-c2ccccn2)sc1C(=O)NCC(C1CCOC1)N1CCOCC1. The maximum Gasteiger partial charge on any atom is 0.263 e. The van der Waals surface area contributed by atoms with Crippen molar-refractivity contribution in [1.29, 1.82) is 0 Å². The molecule has 2 atom stereocenters. The van der Waals surface area contributed by atoms with Crippen LogP contribution in [0.3, 0.4) is 0 Å². The summed E-state index contributed by atoms with van der Waals surface area (Å²) in [7, 11) is 0. The van der Waals surface area contributed by atoms with Crippen LogP contribution in [-0.4, -0.2) is 72.9 Å². The molecular weight excluding hydrogens is 376 g/mol. The van der Waals surface area contributed by atoms with Gasteiger partial charge in [0.25, 0.3) is 5.91 Å². The van der Waals surface area contributed by atoms with E-state index in [1.807, 2.05) is 25.1 Å². The average molecular weight is 403 g/mol. The van der Waals surface area contributed by atoms with Crippen molar-refractivity contribution in [3.8, 4) is 10.7 Å². The molecule has 7 nitrogen and oxygen atoms in total. The van der Waals surface area contributed by atoms with Gasteiger partial charge in [0, 0.05) is 44.4 Å². The van der Waals surface area contributed by atoms with E-state index in [9.17, 15) is 4.79 Å². The molecule has 8 heteroatoms. The van der Waals surface area contributed by atoms with Crippen molar-refractivity contribution in [2.75, 3.05) is 46.1 Å². The molecule has 0 saturated carbocycles. The first-order valence-corrected chi connectivity index (χ1v) is 10.6. The molecule has 0 spiro atoms. The van der Waals surface area contributed by atoms with Crippen molar-refractivity contribution in [2.24, 2.45) is 5.92 Å². The highest BCUT2D eigenvalue weighted by atomic mass is 32.1. The first kappa shape index (κ1) is 19.4. The van der Waals surface area contributed by atoms with Gasteiger partial charge in [-0.3, -0.25) is 14.7 Å². The second kappa shape index (κ2) is 9.09. The first-order chi connectivity index (χ1) is 13.7. The number of carbonyl (C=O) groups excluding carboxylic acids is 1. The van der Waals surface area contributed by atoms with Crippen LogP contribution in [0.5, 0.6) is 0 Å². The molecule has 0 aromatic carbocycles. The molecule has 2 aliphatic rings. The van der Waals surface area contributed by atoms with Gasteiger partial charge in [-0.1, -0.05) is 6.07 Å². The Hall–Kier alpha value is -1.87. The summed E-state index contributed by atoms with van der Waals surface area (Å²) in [4.78, 5) is 24.8. The molecule has 2 aromatic heterocycles. The number of ether oxygens (including phenoxy) is 2. The molecule has 4 heterocycles. The van der Waals surface area contributed by atoms with Crippen LogP contribution >= 0.6 is 11.3 Å². The van der Waals surface area contributed by atoms with Crippen LogP contribution in [-0.2, 0) is 9.47 Å². The number of amides is 1. The molecule has 0 aliphatic carbocycles. The minimum atomic E-state index is -0.0608. The highest BCUT2D eigenvalue weighted by Crippen LogP contribution is 2.27. The molecule has 1 amide bonds. The van der Waals surface area contributed by atoms with Crippen molar-refractivity contribution in [2.45, 2.75) is 19.4 Å². The number of aromatic nitrogens is 2. The molecular formula is C20H26N4O3S. The Morgan fingerprint density at radius 2 is 2.18 bits per heavy atom. The number of pyridine rings is 1. The lowest BCUT2D eigenvalue weighted by Gasteiger charge is -2.37. The van der Waals surface area contributed by atoms with Crippen molar-refractivity contribution in [3.63, 3.8) is 0 Å². The number of nitrogens with one attached hydrogen (secondary N) is 1. The molecule has 2 unspecified atom stereocenters. The van der Waals surface area contributed by atoms with Gasteiger partial charge < -0.3 is 14.8 Å². The van der Waals surface area contributed by atoms with E-state index in [2.05, 4.69) is 20.2 Å². The van der Waals surface area contributed by atoms with E-state index >= 15 is 0 Å². The van der Waals surface area contributed by atoms with Crippen molar-refractivity contribution in [1.82, 2.24) is 20.2 Å². The largest absolute Gasteiger partial charge is 0.381 e. The second-order valence-corrected chi connectivity index (χ2v) is 8.20. The third-order valence-electron chi connectivity index (χ3n) is 5.38. The Bertz CT molecular complexity index is 786. The summed E-state index contributed by atoms with van der Waals surface area (Å²) in [6.07, 6.45) is 2.78. The summed E-state index contributed by atoms with van der Waals surface area (Å²) in [5, 5.41) is 3.93. The standard InChI is InChI=1S/C20H26N4O3S/c1-14-18(28-20(23-14)16-4-2-3-6-21-16)19(25)22-12-17(15-5-9-27-13-15)24-7-10-26-11-8-24/h2-4,6,15,17H,5,7-13H2,1H3,(H,22,25). The Morgan fingerprint density at radius 1 is 1.32 bits per heavy atom. The van der Waals surface area contributed by atoms with Crippen LogP contribution < -0.4 is 5.32 Å². The van der Waals surface area contributed by atoms with E-state index in [4.69, 9.17) is 9.47 Å². The number of rotatable bonds is 6. The predicted octanol–water partition coefficient (Wildman–Crippen LogP) is 1.98. The molecule has 4 rings (SSSR count). The number of aryl methyl sites for hydroxylation is 1. The summed E-state index contributed by atoms with van der Waals surface area (Å²) in [6, 6.07) is 5.99. The predicted molar refractivity (Wildman–Crippen MR) is 108 cm³/mol. The minimum absolute atomic E-state index is 0.0608. The average Bonchev–Trinajstić information content (AvgIpc) is 3.40. The van der Waals surface area contributed by atoms with Gasteiger partial charge in [-0.2, -0.15) is 0 Å². The van der Waals surface area contributed by atoms with E-state index in [0.29, 0.717) is 17.3 Å². The topological polar surface area (TPSA) is 76.6 Å². The van der Waals surface area contributed by atoms with Gasteiger partial charge in [0.05, 0.1) is 31.2 Å². The minimum Gasteiger partial charge on any atom is -0.381 e. The number of hydrogen-bond donors (Lipinski definition) is 1. The van der Waals surface area contributed by atoms with Crippen molar-refractivity contribution < 1.29 is 14.3 Å². The van der Waals surface area contributed by atoms with Gasteiger partial charge >= 0.3 is 0 Å². The Balaban J connectivity index is 1.44. The Labute approximate surface area is 169 Å². The van der Waals surface area contributed by atoms with Gasteiger partial charge in [0.1, 0.15) is 9.88 Å². The molecule has 28 heavy (non-hydrogen) atoms. The quantitative estimate of drug-likeness (QED) is 0.796. The van der Waals surface area contributed by atoms with Gasteiger partial charge in [-0.25, -0.2) is 4.98 Å². The zero-order valence-corrected chi connectivity index (χ0v) is 16.9. The number of morpholine rings is 1. The smallest absolute Gasteiger partial charge is 0.263 e. The van der Waals surface area contributed by atoms with E-state index in [1.165, 1.54) is 11.3 Å². The number of nitrogens with zero attached hydrogens (tertiary/aromatic N) is 3. The molecule has 0 radical (unpaired) electrons. The highest BCUT2D eigenvalue weighted by Gasteiger charge is 2.32. The fourth-order valence-corrected chi connectivity index (χ4v) is 4.80. The van der Waals surface area contributed by atoms with Crippen molar-refractivity contribution in [3.05, 3.63) is 35.0 Å². The summed E-state index contributed by atoms with van der Waals surface area (Å²) in [5.41, 5.74) is 1.54. The van der Waals surface area contributed by atoms with Gasteiger partial charge in [-0.15, -0.1) is 11.3 Å². The van der Waals surface area contributed by atoms with Gasteiger partial charge in [0.15, 0.2) is 0 Å². The lowest BCUT2D eigenvalue weighted by molar-refractivity contribution is 0.00167. The van der Waals surface area contributed by atoms with Crippen LogP contribution in [0.2, 0.25) is 0 Å². The number of thiazole rings is 1. The monoisotopic (exact) mass is 402 g/mol. The third-order valence-corrected chi connectivity index (χ3v) is 6.56. The van der Waals surface area contributed by atoms with E-state index < -0.39 is 0 Å². The van der Waals surface area contributed by atoms with Gasteiger partial charge in [0.2, 0.25) is 0 Å². The van der Waals surface area contributed by atoms with E-state index in [0.717, 1.165) is 62.3 Å². The van der Waals surface area contributed by atoms with Crippen LogP contribution in [0.25, 0.3) is 10.7 Å². The Kier molecular flexibility index (Phi) is 6.31. The van der Waals surface area contributed by atoms with E-state index in [-0.39, 0.29) is 11.9 Å². The molecule has 2 aliphatic heterocycles. The van der Waals surface area contributed by atoms with Crippen LogP contribution in [0.4, 0.5) is 0 Å². The fraction of sp³-hybridized carbons (Fsp3) is 0.550. The maximum atomic E-state index is 12.9. The molecule has 1 N–H and O–H groups in total. The van der Waals surface area contributed by atoms with Gasteiger partial charge in [-0.05, 0) is 25.5 Å². The van der Waals surface area contributed by atoms with Crippen LogP contribution in [0.1, 0.15) is 21.8 Å².